The molecule has 0 radical (unpaired) electrons. The first-order chi connectivity index (χ1) is 19.7. The average molecular weight is 665 g/mol. The Kier molecular flexibility index (Phi) is 10.6. The van der Waals surface area contributed by atoms with Crippen LogP contribution in [0.3, 0.4) is 0 Å². The van der Waals surface area contributed by atoms with Crippen LogP contribution in [0.1, 0.15) is 92.8 Å². The van der Waals surface area contributed by atoms with Crippen LogP contribution < -0.4 is 0 Å². The van der Waals surface area contributed by atoms with Gasteiger partial charge in [0, 0.05) is 30.3 Å². The SMILES string of the molecule is CC(C)[Si](C#Cc1sccc1-c1cc2sc(-c3ccsc3C#C[Si](C(C)C)(C(C)C)C(C)C)cc2s1)(C(C)C)C(C)C. The lowest BCUT2D eigenvalue weighted by Gasteiger charge is -2.38. The molecule has 0 aliphatic heterocycles. The molecule has 6 heteroatoms. The first-order valence-electron chi connectivity index (χ1n) is 15.5. The molecule has 0 aliphatic carbocycles. The summed E-state index contributed by atoms with van der Waals surface area (Å²) in [4.78, 5) is 5.13. The zero-order valence-electron chi connectivity index (χ0n) is 27.6. The van der Waals surface area contributed by atoms with Gasteiger partial charge in [0.2, 0.25) is 0 Å². The fourth-order valence-electron chi connectivity index (χ4n) is 7.50. The van der Waals surface area contributed by atoms with Crippen LogP contribution in [0.15, 0.2) is 35.0 Å². The van der Waals surface area contributed by atoms with Gasteiger partial charge in [-0.15, -0.1) is 56.4 Å². The number of thiophene rings is 4. The van der Waals surface area contributed by atoms with E-state index >= 15 is 0 Å². The van der Waals surface area contributed by atoms with Gasteiger partial charge in [-0.2, -0.15) is 0 Å². The third kappa shape index (κ3) is 6.10. The Balaban J connectivity index is 1.68. The van der Waals surface area contributed by atoms with Gasteiger partial charge >= 0.3 is 0 Å². The van der Waals surface area contributed by atoms with E-state index in [4.69, 9.17) is 0 Å². The Morgan fingerprint density at radius 1 is 0.500 bits per heavy atom. The minimum atomic E-state index is -1.76. The van der Waals surface area contributed by atoms with E-state index in [2.05, 4.69) is 141 Å². The molecule has 0 saturated carbocycles. The standard InChI is InChI=1S/C36H48S4Si2/c1-23(2)41(24(3)4,25(5)6)19-15-31-29(13-17-37-31)33-21-35-36(39-33)22-34(40-35)30-14-18-38-32(30)16-20-42(26(7)8,27(9)10)28(11)12/h13-14,17-18,21-28H,1-12H3. The second-order valence-corrected chi connectivity index (χ2v) is 28.7. The predicted octanol–water partition coefficient (Wildman–Crippen LogP) is 13.6. The summed E-state index contributed by atoms with van der Waals surface area (Å²) in [7, 11) is -3.53. The van der Waals surface area contributed by atoms with Gasteiger partial charge in [0.25, 0.3) is 0 Å². The summed E-state index contributed by atoms with van der Waals surface area (Å²) in [5.74, 6) is 7.47. The Morgan fingerprint density at radius 3 is 1.10 bits per heavy atom. The van der Waals surface area contributed by atoms with Gasteiger partial charge in [0.05, 0.1) is 9.75 Å². The summed E-state index contributed by atoms with van der Waals surface area (Å²) in [6, 6.07) is 9.33. The molecule has 0 fully saturated rings. The van der Waals surface area contributed by atoms with Crippen LogP contribution in [0.25, 0.3) is 30.3 Å². The van der Waals surface area contributed by atoms with E-state index in [0.29, 0.717) is 33.2 Å². The van der Waals surface area contributed by atoms with E-state index in [1.807, 2.05) is 22.7 Å². The number of fused-ring (bicyclic) bond motifs is 1. The molecule has 0 amide bonds. The normalized spacial score (nSPS) is 12.7. The molecule has 224 valence electrons. The van der Waals surface area contributed by atoms with Gasteiger partial charge in [-0.3, -0.25) is 0 Å². The van der Waals surface area contributed by atoms with E-state index in [9.17, 15) is 0 Å². The lowest BCUT2D eigenvalue weighted by molar-refractivity contribution is 0.838. The second kappa shape index (κ2) is 13.3. The predicted molar refractivity (Wildman–Crippen MR) is 202 cm³/mol. The highest BCUT2D eigenvalue weighted by atomic mass is 32.1. The number of hydrogen-bond donors (Lipinski definition) is 0. The maximum Gasteiger partial charge on any atom is 0.146 e. The molecule has 0 aromatic carbocycles. The van der Waals surface area contributed by atoms with E-state index in [1.165, 1.54) is 40.0 Å². The van der Waals surface area contributed by atoms with Crippen molar-refractivity contribution in [2.75, 3.05) is 0 Å². The zero-order valence-corrected chi connectivity index (χ0v) is 32.8. The topological polar surface area (TPSA) is 0 Å². The van der Waals surface area contributed by atoms with Crippen LogP contribution in [0.4, 0.5) is 0 Å². The molecule has 0 bridgehead atoms. The zero-order chi connectivity index (χ0) is 31.0. The fourth-order valence-corrected chi connectivity index (χ4v) is 22.2. The molecule has 4 aromatic heterocycles. The molecule has 4 rings (SSSR count). The Morgan fingerprint density at radius 2 is 0.810 bits per heavy atom. The molecule has 0 unspecified atom stereocenters. The van der Waals surface area contributed by atoms with Crippen molar-refractivity contribution in [2.45, 2.75) is 116 Å². The second-order valence-electron chi connectivity index (χ2n) is 13.6. The van der Waals surface area contributed by atoms with Crippen LogP contribution in [0.2, 0.25) is 33.2 Å². The van der Waals surface area contributed by atoms with Gasteiger partial charge in [0.1, 0.15) is 16.1 Å². The Bertz CT molecular complexity index is 1440. The summed E-state index contributed by atoms with van der Waals surface area (Å²) < 4.78 is 2.73. The van der Waals surface area contributed by atoms with Crippen LogP contribution in [0.5, 0.6) is 0 Å². The Hall–Kier alpha value is -1.39. The van der Waals surface area contributed by atoms with Gasteiger partial charge < -0.3 is 0 Å². The van der Waals surface area contributed by atoms with Crippen LogP contribution in [-0.4, -0.2) is 16.1 Å². The maximum atomic E-state index is 3.95. The molecular weight excluding hydrogens is 617 g/mol. The first-order valence-corrected chi connectivity index (χ1v) is 23.4. The quantitative estimate of drug-likeness (QED) is 0.130. The third-order valence-corrected chi connectivity index (χ3v) is 26.2. The van der Waals surface area contributed by atoms with Crippen molar-refractivity contribution in [3.8, 4) is 43.8 Å². The highest BCUT2D eigenvalue weighted by molar-refractivity contribution is 7.31. The molecular formula is C36H48S4Si2. The van der Waals surface area contributed by atoms with Gasteiger partial charge in [-0.05, 0) is 68.3 Å². The highest BCUT2D eigenvalue weighted by Gasteiger charge is 2.42. The summed E-state index contributed by atoms with van der Waals surface area (Å²) >= 11 is 7.41. The lowest BCUT2D eigenvalue weighted by atomic mass is 10.2. The summed E-state index contributed by atoms with van der Waals surface area (Å²) in [5.41, 5.74) is 14.4. The minimum Gasteiger partial charge on any atom is -0.135 e. The largest absolute Gasteiger partial charge is 0.146 e. The molecule has 4 aromatic rings. The third-order valence-electron chi connectivity index (χ3n) is 9.59. The number of rotatable bonds is 8. The Labute approximate surface area is 274 Å². The lowest BCUT2D eigenvalue weighted by Crippen LogP contribution is -2.43. The molecule has 0 saturated heterocycles. The smallest absolute Gasteiger partial charge is 0.135 e. The van der Waals surface area contributed by atoms with E-state index in [1.54, 1.807) is 22.7 Å². The van der Waals surface area contributed by atoms with E-state index < -0.39 is 16.1 Å². The number of hydrogen-bond acceptors (Lipinski definition) is 4. The first kappa shape index (κ1) is 33.5. The van der Waals surface area contributed by atoms with Crippen molar-refractivity contribution in [3.05, 3.63) is 44.8 Å². The van der Waals surface area contributed by atoms with Crippen molar-refractivity contribution in [1.29, 1.82) is 0 Å². The summed E-state index contributed by atoms with van der Waals surface area (Å²) in [6.45, 7) is 28.7. The van der Waals surface area contributed by atoms with Gasteiger partial charge in [-0.1, -0.05) is 94.9 Å². The van der Waals surface area contributed by atoms with Crippen LogP contribution >= 0.6 is 45.3 Å². The van der Waals surface area contributed by atoms with Crippen molar-refractivity contribution in [2.24, 2.45) is 0 Å². The fraction of sp³-hybridized carbons (Fsp3) is 0.500. The van der Waals surface area contributed by atoms with Gasteiger partial charge in [0.15, 0.2) is 0 Å². The molecule has 0 spiro atoms. The minimum absolute atomic E-state index is 0.644. The van der Waals surface area contributed by atoms with E-state index in [-0.39, 0.29) is 0 Å². The molecule has 42 heavy (non-hydrogen) atoms. The van der Waals surface area contributed by atoms with Crippen LogP contribution in [0, 0.1) is 22.9 Å². The van der Waals surface area contributed by atoms with Crippen LogP contribution in [-0.2, 0) is 0 Å². The summed E-state index contributed by atoms with van der Waals surface area (Å²) in [5, 5.41) is 4.43. The van der Waals surface area contributed by atoms with E-state index in [0.717, 1.165) is 0 Å². The van der Waals surface area contributed by atoms with Crippen molar-refractivity contribution < 1.29 is 0 Å². The average Bonchev–Trinajstić information content (AvgIpc) is 3.66. The van der Waals surface area contributed by atoms with Crippen molar-refractivity contribution in [1.82, 2.24) is 0 Å². The monoisotopic (exact) mass is 664 g/mol. The van der Waals surface area contributed by atoms with Crippen molar-refractivity contribution in [3.63, 3.8) is 0 Å². The molecule has 0 atom stereocenters. The molecule has 4 heterocycles. The molecule has 0 aliphatic rings. The van der Waals surface area contributed by atoms with Crippen molar-refractivity contribution >= 4 is 70.9 Å². The summed E-state index contributed by atoms with van der Waals surface area (Å²) in [6.07, 6.45) is 0. The highest BCUT2D eigenvalue weighted by Crippen LogP contribution is 2.46. The van der Waals surface area contributed by atoms with Gasteiger partial charge in [-0.25, -0.2) is 0 Å². The molecule has 0 nitrogen and oxygen atoms in total. The maximum absolute atomic E-state index is 3.95. The molecule has 0 N–H and O–H groups in total.